The van der Waals surface area contributed by atoms with Crippen LogP contribution < -0.4 is 16.0 Å². The minimum absolute atomic E-state index is 0.0327. The van der Waals surface area contributed by atoms with Crippen molar-refractivity contribution in [3.63, 3.8) is 0 Å². The minimum atomic E-state index is -0.655. The summed E-state index contributed by atoms with van der Waals surface area (Å²) in [5, 5.41) is 0. The molecule has 2 N–H and O–H groups in total. The van der Waals surface area contributed by atoms with E-state index in [0.717, 1.165) is 11.3 Å². The van der Waals surface area contributed by atoms with Crippen LogP contribution in [0.4, 0.5) is 0 Å². The van der Waals surface area contributed by atoms with E-state index in [1.165, 1.54) is 0 Å². The molecule has 1 aliphatic rings. The van der Waals surface area contributed by atoms with Gasteiger partial charge in [0.15, 0.2) is 0 Å². The molecule has 0 saturated heterocycles. The van der Waals surface area contributed by atoms with Crippen molar-refractivity contribution in [3.05, 3.63) is 75.0 Å². The van der Waals surface area contributed by atoms with Crippen LogP contribution in [-0.4, -0.2) is 42.7 Å². The van der Waals surface area contributed by atoms with Gasteiger partial charge in [0.25, 0.3) is 5.56 Å². The highest BCUT2D eigenvalue weighted by atomic mass is 16.5. The fourth-order valence-electron chi connectivity index (χ4n) is 3.55. The number of rotatable bonds is 6. The Balaban J connectivity index is 2.23. The molecule has 2 aromatic rings. The third kappa shape index (κ3) is 4.05. The van der Waals surface area contributed by atoms with Gasteiger partial charge in [0, 0.05) is 24.8 Å². The van der Waals surface area contributed by atoms with E-state index in [1.54, 1.807) is 17.6 Å². The lowest BCUT2D eigenvalue weighted by Crippen LogP contribution is -2.36. The van der Waals surface area contributed by atoms with Crippen LogP contribution in [0.15, 0.2) is 52.6 Å². The lowest BCUT2D eigenvalue weighted by atomic mass is 9.83. The standard InChI is InChI=1S/C22H27N3O4/c1-5-28-22(27)19-17(15-9-7-6-8-10-15)18-16(29-20(19)23)13-14(2)25(21(18)26)12-11-24(3)4/h6-10,13,17H,5,11-12,23H2,1-4H3. The van der Waals surface area contributed by atoms with E-state index in [4.69, 9.17) is 15.2 Å². The Morgan fingerprint density at radius 2 is 1.97 bits per heavy atom. The molecule has 1 aromatic heterocycles. The molecule has 2 heterocycles. The van der Waals surface area contributed by atoms with Crippen LogP contribution in [0.3, 0.4) is 0 Å². The molecule has 0 amide bonds. The first-order chi connectivity index (χ1) is 13.8. The van der Waals surface area contributed by atoms with Gasteiger partial charge in [-0.25, -0.2) is 4.79 Å². The van der Waals surface area contributed by atoms with Crippen LogP contribution in [0.1, 0.15) is 29.7 Å². The van der Waals surface area contributed by atoms with Crippen molar-refractivity contribution in [1.29, 1.82) is 0 Å². The number of carbonyl (C=O) groups is 1. The Bertz CT molecular complexity index is 993. The van der Waals surface area contributed by atoms with Gasteiger partial charge in [0.1, 0.15) is 11.3 Å². The molecule has 0 saturated carbocycles. The van der Waals surface area contributed by atoms with Gasteiger partial charge in [0.2, 0.25) is 5.88 Å². The first kappa shape index (κ1) is 20.7. The molecule has 0 fully saturated rings. The van der Waals surface area contributed by atoms with Gasteiger partial charge in [-0.05, 0) is 33.5 Å². The maximum absolute atomic E-state index is 13.5. The zero-order valence-electron chi connectivity index (χ0n) is 17.3. The zero-order valence-corrected chi connectivity index (χ0v) is 17.3. The van der Waals surface area contributed by atoms with E-state index in [1.807, 2.05) is 56.3 Å². The highest BCUT2D eigenvalue weighted by Gasteiger charge is 2.38. The van der Waals surface area contributed by atoms with Crippen molar-refractivity contribution in [2.75, 3.05) is 27.2 Å². The molecule has 154 valence electrons. The maximum Gasteiger partial charge on any atom is 0.340 e. The largest absolute Gasteiger partial charge is 0.462 e. The van der Waals surface area contributed by atoms with E-state index in [9.17, 15) is 9.59 Å². The number of benzene rings is 1. The summed E-state index contributed by atoms with van der Waals surface area (Å²) < 4.78 is 12.7. The predicted molar refractivity (Wildman–Crippen MR) is 111 cm³/mol. The van der Waals surface area contributed by atoms with Gasteiger partial charge in [0.05, 0.1) is 18.1 Å². The summed E-state index contributed by atoms with van der Waals surface area (Å²) in [5.74, 6) is -0.885. The second kappa shape index (κ2) is 8.53. The first-order valence-corrected chi connectivity index (χ1v) is 9.63. The SMILES string of the molecule is CCOC(=O)C1=C(N)Oc2cc(C)n(CCN(C)C)c(=O)c2C1c1ccccc1. The molecule has 1 unspecified atom stereocenters. The number of fused-ring (bicyclic) bond motifs is 1. The molecule has 7 nitrogen and oxygen atoms in total. The number of nitrogens with zero attached hydrogens (tertiary/aromatic N) is 2. The first-order valence-electron chi connectivity index (χ1n) is 9.63. The van der Waals surface area contributed by atoms with E-state index in [-0.39, 0.29) is 23.6 Å². The number of aryl methyl sites for hydroxylation is 1. The summed E-state index contributed by atoms with van der Waals surface area (Å²) in [5.41, 5.74) is 8.05. The molecule has 1 aliphatic heterocycles. The minimum Gasteiger partial charge on any atom is -0.462 e. The molecule has 29 heavy (non-hydrogen) atoms. The predicted octanol–water partition coefficient (Wildman–Crippen LogP) is 1.98. The summed E-state index contributed by atoms with van der Waals surface area (Å²) in [6.07, 6.45) is 0. The number of pyridine rings is 1. The fraction of sp³-hybridized carbons (Fsp3) is 0.364. The van der Waals surface area contributed by atoms with Crippen molar-refractivity contribution in [3.8, 4) is 5.75 Å². The third-order valence-electron chi connectivity index (χ3n) is 4.97. The van der Waals surface area contributed by atoms with Crippen molar-refractivity contribution in [2.24, 2.45) is 5.73 Å². The number of carbonyl (C=O) groups excluding carboxylic acids is 1. The molecular weight excluding hydrogens is 370 g/mol. The van der Waals surface area contributed by atoms with Crippen LogP contribution >= 0.6 is 0 Å². The highest BCUT2D eigenvalue weighted by Crippen LogP contribution is 2.41. The number of esters is 1. The third-order valence-corrected chi connectivity index (χ3v) is 4.97. The van der Waals surface area contributed by atoms with E-state index >= 15 is 0 Å². The quantitative estimate of drug-likeness (QED) is 0.750. The van der Waals surface area contributed by atoms with E-state index in [0.29, 0.717) is 24.4 Å². The van der Waals surface area contributed by atoms with Crippen LogP contribution in [0, 0.1) is 6.92 Å². The lowest BCUT2D eigenvalue weighted by Gasteiger charge is -2.29. The van der Waals surface area contributed by atoms with Crippen LogP contribution in [0.2, 0.25) is 0 Å². The van der Waals surface area contributed by atoms with Gasteiger partial charge in [-0.15, -0.1) is 0 Å². The normalized spacial score (nSPS) is 15.8. The van der Waals surface area contributed by atoms with Crippen LogP contribution in [-0.2, 0) is 16.1 Å². The highest BCUT2D eigenvalue weighted by molar-refractivity contribution is 5.92. The van der Waals surface area contributed by atoms with Crippen molar-refractivity contribution in [1.82, 2.24) is 9.47 Å². The number of hydrogen-bond donors (Lipinski definition) is 1. The maximum atomic E-state index is 13.5. The van der Waals surface area contributed by atoms with Gasteiger partial charge >= 0.3 is 5.97 Å². The van der Waals surface area contributed by atoms with E-state index < -0.39 is 11.9 Å². The number of hydrogen-bond acceptors (Lipinski definition) is 6. The Morgan fingerprint density at radius 3 is 2.59 bits per heavy atom. The van der Waals surface area contributed by atoms with Gasteiger partial charge in [-0.2, -0.15) is 0 Å². The number of aromatic nitrogens is 1. The van der Waals surface area contributed by atoms with Crippen molar-refractivity contribution in [2.45, 2.75) is 26.3 Å². The molecule has 3 rings (SSSR count). The number of ether oxygens (including phenoxy) is 2. The summed E-state index contributed by atoms with van der Waals surface area (Å²) in [6, 6.07) is 11.2. The number of likely N-dealkylation sites (N-methyl/N-ethyl adjacent to an activating group) is 1. The topological polar surface area (TPSA) is 86.8 Å². The molecule has 0 radical (unpaired) electrons. The van der Waals surface area contributed by atoms with Crippen LogP contribution in [0.5, 0.6) is 5.75 Å². The summed E-state index contributed by atoms with van der Waals surface area (Å²) in [6.45, 7) is 5.02. The van der Waals surface area contributed by atoms with Gasteiger partial charge in [-0.3, -0.25) is 4.79 Å². The summed E-state index contributed by atoms with van der Waals surface area (Å²) >= 11 is 0. The molecular formula is C22H27N3O4. The molecule has 0 bridgehead atoms. The molecule has 1 aromatic carbocycles. The van der Waals surface area contributed by atoms with Gasteiger partial charge in [-0.1, -0.05) is 30.3 Å². The second-order valence-electron chi connectivity index (χ2n) is 7.27. The second-order valence-corrected chi connectivity index (χ2v) is 7.27. The Labute approximate surface area is 170 Å². The molecule has 1 atom stereocenters. The van der Waals surface area contributed by atoms with Crippen molar-refractivity contribution >= 4 is 5.97 Å². The van der Waals surface area contributed by atoms with Crippen molar-refractivity contribution < 1.29 is 14.3 Å². The summed E-state index contributed by atoms with van der Waals surface area (Å²) in [4.78, 5) is 28.2. The Hall–Kier alpha value is -3.06. The smallest absolute Gasteiger partial charge is 0.340 e. The lowest BCUT2D eigenvalue weighted by molar-refractivity contribution is -0.139. The monoisotopic (exact) mass is 397 g/mol. The molecule has 7 heteroatoms. The summed E-state index contributed by atoms with van der Waals surface area (Å²) in [7, 11) is 3.91. The van der Waals surface area contributed by atoms with Gasteiger partial charge < -0.3 is 24.7 Å². The number of nitrogens with two attached hydrogens (primary N) is 1. The average molecular weight is 397 g/mol. The molecule has 0 spiro atoms. The van der Waals surface area contributed by atoms with E-state index in [2.05, 4.69) is 0 Å². The fourth-order valence-corrected chi connectivity index (χ4v) is 3.55. The zero-order chi connectivity index (χ0) is 21.1. The Kier molecular flexibility index (Phi) is 6.08. The Morgan fingerprint density at radius 1 is 1.28 bits per heavy atom. The molecule has 0 aliphatic carbocycles. The average Bonchev–Trinajstić information content (AvgIpc) is 2.67. The van der Waals surface area contributed by atoms with Crippen LogP contribution in [0.25, 0.3) is 0 Å².